The van der Waals surface area contributed by atoms with E-state index in [9.17, 15) is 0 Å². The molecule has 0 saturated heterocycles. The van der Waals surface area contributed by atoms with Crippen LogP contribution in [0.2, 0.25) is 0 Å². The summed E-state index contributed by atoms with van der Waals surface area (Å²) in [7, 11) is 0. The molecule has 0 amide bonds. The summed E-state index contributed by atoms with van der Waals surface area (Å²) in [5, 5.41) is 2.27. The first kappa shape index (κ1) is 52.3. The van der Waals surface area contributed by atoms with Crippen LogP contribution in [0.1, 0.15) is 155 Å². The van der Waals surface area contributed by atoms with Crippen molar-refractivity contribution in [2.75, 3.05) is 0 Å². The van der Waals surface area contributed by atoms with Crippen LogP contribution in [-0.4, -0.2) is 14.1 Å². The fourth-order valence-electron chi connectivity index (χ4n) is 9.80. The fourth-order valence-corrected chi connectivity index (χ4v) is 9.80. The molecule has 9 aromatic rings. The van der Waals surface area contributed by atoms with E-state index in [1.165, 1.54) is 27.8 Å². The predicted molar refractivity (Wildman–Crippen MR) is 294 cm³/mol. The minimum atomic E-state index is -0.419. The summed E-state index contributed by atoms with van der Waals surface area (Å²) in [5.74, 6) is 2.05. The smallest absolute Gasteiger partial charge is 0.267 e. The third kappa shape index (κ3) is 10.0. The van der Waals surface area contributed by atoms with Crippen molar-refractivity contribution in [1.82, 2.24) is 14.1 Å². The first-order valence-corrected chi connectivity index (χ1v) is 25.3. The summed E-state index contributed by atoms with van der Waals surface area (Å²) >= 11 is 0. The summed E-state index contributed by atoms with van der Waals surface area (Å²) < 4.78 is 13.9. The minimum absolute atomic E-state index is 0. The summed E-state index contributed by atoms with van der Waals surface area (Å²) in [5.41, 5.74) is 12.2. The Balaban J connectivity index is 0.00000693. The standard InChI is InChI=1S/C66H72N4O.Pt/c1-61(2,3)46-31-32-67-59(38-46)70-56-30-24-23-29-54(56)60-55(65(13,14)44-25-19-17-20-26-44)40-53(41-57(60)70)71-52-37-49(64(10,11)12)34-50(39-52)68-42-58(66(15,16)45-27-21-18-22-28-45)69(43-68)51-35-47(62(4,5)6)33-48(36-51)63(7,8)9;/h17-38,40,42H,1-16H3;/q-2;. The Kier molecular flexibility index (Phi) is 13.6. The Morgan fingerprint density at radius 1 is 0.500 bits per heavy atom. The van der Waals surface area contributed by atoms with E-state index in [0.717, 1.165) is 55.8 Å². The van der Waals surface area contributed by atoms with Crippen molar-refractivity contribution >= 4 is 21.8 Å². The number of aromatic nitrogens is 4. The van der Waals surface area contributed by atoms with E-state index in [1.807, 2.05) is 6.20 Å². The molecule has 6 aromatic carbocycles. The van der Waals surface area contributed by atoms with Crippen molar-refractivity contribution in [3.05, 3.63) is 209 Å². The van der Waals surface area contributed by atoms with E-state index < -0.39 is 10.8 Å². The molecule has 374 valence electrons. The topological polar surface area (TPSA) is 35.9 Å². The van der Waals surface area contributed by atoms with Crippen LogP contribution in [0.25, 0.3) is 39.0 Å². The molecule has 5 nitrogen and oxygen atoms in total. The molecule has 0 unspecified atom stereocenters. The third-order valence-corrected chi connectivity index (χ3v) is 14.6. The van der Waals surface area contributed by atoms with Crippen molar-refractivity contribution in [1.29, 1.82) is 0 Å². The van der Waals surface area contributed by atoms with E-state index in [4.69, 9.17) is 9.72 Å². The summed E-state index contributed by atoms with van der Waals surface area (Å²) in [6.45, 7) is 36.5. The second-order valence-corrected chi connectivity index (χ2v) is 24.8. The molecule has 0 saturated carbocycles. The minimum Gasteiger partial charge on any atom is -0.510 e. The third-order valence-electron chi connectivity index (χ3n) is 14.6. The molecule has 0 aliphatic carbocycles. The van der Waals surface area contributed by atoms with Crippen molar-refractivity contribution in [2.24, 2.45) is 0 Å². The molecular formula is C66H72N4OPt-2. The maximum absolute atomic E-state index is 7.21. The number of nitrogens with zero attached hydrogens (tertiary/aromatic N) is 4. The van der Waals surface area contributed by atoms with Gasteiger partial charge in [0.1, 0.15) is 5.82 Å². The second-order valence-electron chi connectivity index (χ2n) is 24.8. The van der Waals surface area contributed by atoms with Gasteiger partial charge in [0.2, 0.25) is 0 Å². The molecule has 0 bridgehead atoms. The SMILES string of the molecule is CC(C)(C)c1cc(Oc2[c-]c3c(c(C(C)(C)c4ccccc4)c2)c2ccccc2n3-c2cc(C(C)(C)C)ccn2)[c-]c(-n2[c-][n+](-c3cc(C(C)(C)C)cc(C(C)(C)C)c3)c(C(C)(C)c3ccccc3)c2)c1.[Pt]. The number of ether oxygens (including phenoxy) is 1. The molecule has 0 atom stereocenters. The van der Waals surface area contributed by atoms with E-state index >= 15 is 0 Å². The number of para-hydroxylation sites is 1. The predicted octanol–water partition coefficient (Wildman–Crippen LogP) is 16.3. The van der Waals surface area contributed by atoms with Gasteiger partial charge in [-0.15, -0.1) is 29.8 Å². The average molecular weight is 1130 g/mol. The van der Waals surface area contributed by atoms with E-state index in [1.54, 1.807) is 0 Å². The molecule has 3 heterocycles. The van der Waals surface area contributed by atoms with Gasteiger partial charge in [-0.2, -0.15) is 11.6 Å². The summed E-state index contributed by atoms with van der Waals surface area (Å²) in [6, 6.07) is 55.8. The van der Waals surface area contributed by atoms with Crippen LogP contribution in [0.15, 0.2) is 146 Å². The molecule has 9 rings (SSSR count). The van der Waals surface area contributed by atoms with Gasteiger partial charge in [0.15, 0.2) is 0 Å². The van der Waals surface area contributed by atoms with Gasteiger partial charge in [-0.05, 0) is 96.3 Å². The second kappa shape index (κ2) is 18.8. The van der Waals surface area contributed by atoms with Crippen molar-refractivity contribution < 1.29 is 30.4 Å². The van der Waals surface area contributed by atoms with Gasteiger partial charge in [-0.1, -0.05) is 207 Å². The number of benzene rings is 6. The molecule has 3 aromatic heterocycles. The van der Waals surface area contributed by atoms with Gasteiger partial charge < -0.3 is 13.9 Å². The maximum atomic E-state index is 7.21. The van der Waals surface area contributed by atoms with Gasteiger partial charge in [0.05, 0.1) is 11.4 Å². The normalized spacial score (nSPS) is 12.9. The van der Waals surface area contributed by atoms with Crippen LogP contribution in [0.3, 0.4) is 0 Å². The Bertz CT molecular complexity index is 3390. The zero-order valence-corrected chi connectivity index (χ0v) is 47.6. The summed E-state index contributed by atoms with van der Waals surface area (Å²) in [6.07, 6.45) is 8.04. The molecular weight excluding hydrogens is 1060 g/mol. The average Bonchev–Trinajstić information content (AvgIpc) is 3.92. The summed E-state index contributed by atoms with van der Waals surface area (Å²) in [4.78, 5) is 5.03. The van der Waals surface area contributed by atoms with E-state index in [0.29, 0.717) is 11.5 Å². The number of rotatable bonds is 9. The van der Waals surface area contributed by atoms with E-state index in [-0.39, 0.29) is 42.7 Å². The maximum Gasteiger partial charge on any atom is 0.267 e. The molecule has 0 radical (unpaired) electrons. The van der Waals surface area contributed by atoms with Crippen LogP contribution in [-0.2, 0) is 53.6 Å². The number of pyridine rings is 1. The van der Waals surface area contributed by atoms with Gasteiger partial charge >= 0.3 is 0 Å². The molecule has 0 fully saturated rings. The first-order chi connectivity index (χ1) is 33.2. The number of hydrogen-bond acceptors (Lipinski definition) is 2. The molecule has 0 spiro atoms. The Labute approximate surface area is 444 Å². The van der Waals surface area contributed by atoms with Gasteiger partial charge in [0, 0.05) is 55.9 Å². The zero-order chi connectivity index (χ0) is 51.1. The molecule has 72 heavy (non-hydrogen) atoms. The number of hydrogen-bond donors (Lipinski definition) is 0. The van der Waals surface area contributed by atoms with Crippen molar-refractivity contribution in [3.63, 3.8) is 0 Å². The first-order valence-electron chi connectivity index (χ1n) is 25.3. The Hall–Kier alpha value is -6.03. The van der Waals surface area contributed by atoms with Gasteiger partial charge in [-0.3, -0.25) is 4.57 Å². The molecule has 6 heteroatoms. The monoisotopic (exact) mass is 1130 g/mol. The Morgan fingerprint density at radius 3 is 1.61 bits per heavy atom. The van der Waals surface area contributed by atoms with Crippen LogP contribution >= 0.6 is 0 Å². The van der Waals surface area contributed by atoms with Crippen LogP contribution in [0.5, 0.6) is 11.5 Å². The number of fused-ring (bicyclic) bond motifs is 3. The number of imidazole rings is 1. The molecule has 0 aliphatic heterocycles. The van der Waals surface area contributed by atoms with Crippen molar-refractivity contribution in [3.8, 4) is 28.7 Å². The van der Waals surface area contributed by atoms with Gasteiger partial charge in [0.25, 0.3) is 6.33 Å². The quantitative estimate of drug-likeness (QED) is 0.107. The van der Waals surface area contributed by atoms with Gasteiger partial charge in [-0.25, -0.2) is 4.98 Å². The zero-order valence-electron chi connectivity index (χ0n) is 45.4. The van der Waals surface area contributed by atoms with Crippen LogP contribution < -0.4 is 9.30 Å². The van der Waals surface area contributed by atoms with E-state index in [2.05, 4.69) is 283 Å². The van der Waals surface area contributed by atoms with Crippen LogP contribution in [0.4, 0.5) is 0 Å². The molecule has 0 N–H and O–H groups in total. The fraction of sp³-hybridized carbons (Fsp3) is 0.333. The molecule has 0 aliphatic rings. The largest absolute Gasteiger partial charge is 0.510 e. The Morgan fingerprint density at radius 2 is 1.03 bits per heavy atom. The van der Waals surface area contributed by atoms with Crippen LogP contribution in [0, 0.1) is 18.5 Å². The van der Waals surface area contributed by atoms with Crippen molar-refractivity contribution in [2.45, 2.75) is 143 Å².